The number of para-hydroxylation sites is 1. The number of benzene rings is 1. The molecule has 1 aromatic carbocycles. The van der Waals surface area contributed by atoms with E-state index in [0.717, 1.165) is 44.9 Å². The van der Waals surface area contributed by atoms with E-state index in [1.807, 2.05) is 31.3 Å². The van der Waals surface area contributed by atoms with Gasteiger partial charge in [0.2, 0.25) is 5.89 Å². The number of rotatable bonds is 9. The Morgan fingerprint density at radius 3 is 2.81 bits per heavy atom. The third-order valence-corrected chi connectivity index (χ3v) is 8.47. The molecule has 0 amide bonds. The summed E-state index contributed by atoms with van der Waals surface area (Å²) < 4.78 is 20.7. The number of oxazole rings is 1. The number of nitrogens with zero attached hydrogens (tertiary/aromatic N) is 3. The molecule has 1 saturated carbocycles. The number of nitriles is 1. The number of ether oxygens (including phenoxy) is 2. The maximum absolute atomic E-state index is 13.5. The van der Waals surface area contributed by atoms with Crippen LogP contribution < -0.4 is 10.3 Å². The van der Waals surface area contributed by atoms with Gasteiger partial charge in [-0.25, -0.2) is 4.98 Å². The highest BCUT2D eigenvalue weighted by molar-refractivity contribution is 7.22. The molecule has 1 aliphatic carbocycles. The van der Waals surface area contributed by atoms with E-state index in [1.54, 1.807) is 24.1 Å². The molecule has 192 valence electrons. The highest BCUT2D eigenvalue weighted by Gasteiger charge is 2.27. The number of aryl methyl sites for hydroxylation is 2. The number of thiophene rings is 1. The molecule has 3 heterocycles. The molecule has 0 radical (unpaired) electrons. The summed E-state index contributed by atoms with van der Waals surface area (Å²) in [6, 6.07) is 10.2. The standard InChI is InChI=1S/C29H31N3O4S/c1-19-25-27(37-26(19)28-31-14-16-35-28)20(18-32(29(25)33)15-8-13-30)17-24(36-21-9-4-3-5-10-21)22-11-6-7-12-23(22)34-2/h6-7,11-12,14,16,18,21,24H,3-5,8-10,15,17H2,1-2H3/t24-/m0/s1. The average molecular weight is 518 g/mol. The van der Waals surface area contributed by atoms with Crippen LogP contribution in [0.15, 0.2) is 52.1 Å². The quantitative estimate of drug-likeness (QED) is 0.249. The largest absolute Gasteiger partial charge is 0.496 e. The second kappa shape index (κ2) is 11.3. The Labute approximate surface area is 220 Å². The highest BCUT2D eigenvalue weighted by Crippen LogP contribution is 2.40. The van der Waals surface area contributed by atoms with E-state index in [9.17, 15) is 10.1 Å². The van der Waals surface area contributed by atoms with Gasteiger partial charge in [-0.2, -0.15) is 5.26 Å². The van der Waals surface area contributed by atoms with E-state index < -0.39 is 0 Å². The van der Waals surface area contributed by atoms with Crippen molar-refractivity contribution < 1.29 is 13.9 Å². The number of methoxy groups -OCH3 is 1. The normalized spacial score (nSPS) is 15.1. The Balaban J connectivity index is 1.64. The van der Waals surface area contributed by atoms with Crippen LogP contribution in [-0.2, 0) is 17.7 Å². The fourth-order valence-electron chi connectivity index (χ4n) is 5.26. The van der Waals surface area contributed by atoms with Crippen molar-refractivity contribution >= 4 is 21.4 Å². The van der Waals surface area contributed by atoms with Gasteiger partial charge in [-0.05, 0) is 37.0 Å². The molecule has 4 aromatic rings. The smallest absolute Gasteiger partial charge is 0.259 e. The Morgan fingerprint density at radius 1 is 1.27 bits per heavy atom. The Kier molecular flexibility index (Phi) is 7.73. The van der Waals surface area contributed by atoms with Crippen molar-refractivity contribution in [1.29, 1.82) is 5.26 Å². The predicted molar refractivity (Wildman–Crippen MR) is 144 cm³/mol. The van der Waals surface area contributed by atoms with Gasteiger partial charge in [-0.1, -0.05) is 37.5 Å². The molecule has 1 aliphatic rings. The van der Waals surface area contributed by atoms with Gasteiger partial charge >= 0.3 is 0 Å². The molecule has 8 heteroatoms. The lowest BCUT2D eigenvalue weighted by Gasteiger charge is -2.29. The number of hydrogen-bond donors (Lipinski definition) is 0. The van der Waals surface area contributed by atoms with Crippen LogP contribution in [0.3, 0.4) is 0 Å². The number of pyridine rings is 1. The molecule has 3 aromatic heterocycles. The minimum Gasteiger partial charge on any atom is -0.496 e. The molecule has 0 spiro atoms. The Bertz CT molecular complexity index is 1460. The molecule has 1 fully saturated rings. The third-order valence-electron chi connectivity index (χ3n) is 7.12. The lowest BCUT2D eigenvalue weighted by Crippen LogP contribution is -2.24. The Morgan fingerprint density at radius 2 is 2.08 bits per heavy atom. The molecule has 0 aliphatic heterocycles. The van der Waals surface area contributed by atoms with Gasteiger partial charge in [0.05, 0.1) is 48.3 Å². The molecular formula is C29H31N3O4S. The fourth-order valence-corrected chi connectivity index (χ4v) is 6.52. The van der Waals surface area contributed by atoms with E-state index >= 15 is 0 Å². The van der Waals surface area contributed by atoms with Crippen LogP contribution in [0.25, 0.3) is 20.9 Å². The van der Waals surface area contributed by atoms with Crippen molar-refractivity contribution in [3.05, 3.63) is 70.0 Å². The molecule has 5 rings (SSSR count). The molecular weight excluding hydrogens is 486 g/mol. The first-order chi connectivity index (χ1) is 18.1. The number of hydrogen-bond acceptors (Lipinski definition) is 7. The lowest BCUT2D eigenvalue weighted by atomic mass is 9.95. The van der Waals surface area contributed by atoms with E-state index in [2.05, 4.69) is 17.1 Å². The zero-order valence-electron chi connectivity index (χ0n) is 21.2. The van der Waals surface area contributed by atoms with Crippen molar-refractivity contribution in [2.75, 3.05) is 7.11 Å². The molecule has 0 unspecified atom stereocenters. The van der Waals surface area contributed by atoms with Crippen LogP contribution in [0.5, 0.6) is 5.75 Å². The Hall–Kier alpha value is -3.41. The van der Waals surface area contributed by atoms with Crippen molar-refractivity contribution in [3.8, 4) is 22.6 Å². The first-order valence-corrected chi connectivity index (χ1v) is 13.6. The highest BCUT2D eigenvalue weighted by atomic mass is 32.1. The summed E-state index contributed by atoms with van der Waals surface area (Å²) in [5.41, 5.74) is 2.76. The fraction of sp³-hybridized carbons (Fsp3) is 0.414. The van der Waals surface area contributed by atoms with Gasteiger partial charge in [0.1, 0.15) is 12.0 Å². The maximum atomic E-state index is 13.5. The van der Waals surface area contributed by atoms with E-state index in [0.29, 0.717) is 24.2 Å². The summed E-state index contributed by atoms with van der Waals surface area (Å²) >= 11 is 1.53. The van der Waals surface area contributed by atoms with E-state index in [1.165, 1.54) is 30.6 Å². The van der Waals surface area contributed by atoms with E-state index in [-0.39, 0.29) is 24.2 Å². The summed E-state index contributed by atoms with van der Waals surface area (Å²) in [5.74, 6) is 1.30. The summed E-state index contributed by atoms with van der Waals surface area (Å²) in [6.45, 7) is 2.28. The average Bonchev–Trinajstić information content (AvgIpc) is 3.58. The summed E-state index contributed by atoms with van der Waals surface area (Å²) in [6.07, 6.45) is 11.6. The zero-order valence-corrected chi connectivity index (χ0v) is 22.1. The number of aromatic nitrogens is 2. The topological polar surface area (TPSA) is 90.3 Å². The van der Waals surface area contributed by atoms with Crippen LogP contribution in [0.4, 0.5) is 0 Å². The minimum atomic E-state index is -0.239. The van der Waals surface area contributed by atoms with Gasteiger partial charge < -0.3 is 18.5 Å². The predicted octanol–water partition coefficient (Wildman–Crippen LogP) is 6.58. The monoisotopic (exact) mass is 517 g/mol. The molecule has 0 saturated heterocycles. The van der Waals surface area contributed by atoms with Crippen LogP contribution in [0.1, 0.15) is 61.3 Å². The second-order valence-corrected chi connectivity index (χ2v) is 10.5. The van der Waals surface area contributed by atoms with Crippen molar-refractivity contribution in [2.24, 2.45) is 0 Å². The molecule has 7 nitrogen and oxygen atoms in total. The van der Waals surface area contributed by atoms with Gasteiger partial charge in [0, 0.05) is 29.4 Å². The molecule has 0 N–H and O–H groups in total. The summed E-state index contributed by atoms with van der Waals surface area (Å²) in [5, 5.41) is 9.86. The molecule has 1 atom stereocenters. The summed E-state index contributed by atoms with van der Waals surface area (Å²) in [4.78, 5) is 18.7. The van der Waals surface area contributed by atoms with Crippen LogP contribution in [-0.4, -0.2) is 22.8 Å². The van der Waals surface area contributed by atoms with Gasteiger partial charge in [0.15, 0.2) is 0 Å². The molecule has 0 bridgehead atoms. The van der Waals surface area contributed by atoms with Gasteiger partial charge in [-0.15, -0.1) is 11.3 Å². The van der Waals surface area contributed by atoms with Gasteiger partial charge in [-0.3, -0.25) is 4.79 Å². The van der Waals surface area contributed by atoms with E-state index in [4.69, 9.17) is 13.9 Å². The lowest BCUT2D eigenvalue weighted by molar-refractivity contribution is -0.0319. The van der Waals surface area contributed by atoms with Crippen molar-refractivity contribution in [1.82, 2.24) is 9.55 Å². The van der Waals surface area contributed by atoms with Crippen molar-refractivity contribution in [3.63, 3.8) is 0 Å². The van der Waals surface area contributed by atoms with Crippen LogP contribution >= 0.6 is 11.3 Å². The maximum Gasteiger partial charge on any atom is 0.259 e. The summed E-state index contributed by atoms with van der Waals surface area (Å²) in [7, 11) is 1.68. The second-order valence-electron chi connectivity index (χ2n) is 9.49. The first kappa shape index (κ1) is 25.2. The zero-order chi connectivity index (χ0) is 25.8. The van der Waals surface area contributed by atoms with Crippen LogP contribution in [0.2, 0.25) is 0 Å². The van der Waals surface area contributed by atoms with Crippen molar-refractivity contribution in [2.45, 2.75) is 70.6 Å². The minimum absolute atomic E-state index is 0.0948. The van der Waals surface area contributed by atoms with Gasteiger partial charge in [0.25, 0.3) is 5.56 Å². The first-order valence-electron chi connectivity index (χ1n) is 12.8. The number of fused-ring (bicyclic) bond motifs is 1. The SMILES string of the molecule is COc1ccccc1[C@H](Cc1cn(CCC#N)c(=O)c2c(C)c(-c3ncco3)sc12)OC1CCCCC1. The molecule has 37 heavy (non-hydrogen) atoms. The van der Waals surface area contributed by atoms with Crippen LogP contribution in [0, 0.1) is 18.3 Å². The third kappa shape index (κ3) is 5.20.